The lowest BCUT2D eigenvalue weighted by molar-refractivity contribution is -0.394. The molecule has 0 radical (unpaired) electrons. The van der Waals surface area contributed by atoms with Crippen LogP contribution in [0, 0.1) is 34.1 Å². The molecule has 13 nitrogen and oxygen atoms in total. The van der Waals surface area contributed by atoms with E-state index in [2.05, 4.69) is 15.1 Å². The van der Waals surface area contributed by atoms with Gasteiger partial charge >= 0.3 is 0 Å². The van der Waals surface area contributed by atoms with E-state index in [4.69, 9.17) is 0 Å². The van der Waals surface area contributed by atoms with Crippen molar-refractivity contribution in [1.29, 1.82) is 0 Å². The highest BCUT2D eigenvalue weighted by Crippen LogP contribution is 2.24. The third-order valence-electron chi connectivity index (χ3n) is 5.33. The van der Waals surface area contributed by atoms with E-state index in [0.717, 1.165) is 29.6 Å². The molecule has 4 rings (SSSR count). The number of benzene rings is 1. The van der Waals surface area contributed by atoms with Gasteiger partial charge in [-0.1, -0.05) is 0 Å². The number of hydrogen-bond acceptors (Lipinski definition) is 9. The molecule has 1 saturated heterocycles. The molecule has 13 heteroatoms. The topological polar surface area (TPSA) is 153 Å². The highest BCUT2D eigenvalue weighted by molar-refractivity contribution is 5.95. The van der Waals surface area contributed by atoms with Crippen LogP contribution in [-0.2, 0) is 0 Å². The summed E-state index contributed by atoms with van der Waals surface area (Å²) in [6.07, 6.45) is 1.46. The standard InChI is InChI=1S/C20H20N8O5/c1-13-7-14(2)26(23-13)19-11-18(21-12-22-19)24-3-5-25(6-4-24)20(29)15-8-16(27(30)31)10-17(9-15)28(32)33/h7-12H,3-6H2,1-2H3. The number of piperazine rings is 1. The number of rotatable bonds is 5. The van der Waals surface area contributed by atoms with Crippen LogP contribution in [0.4, 0.5) is 17.2 Å². The Hall–Kier alpha value is -4.42. The molecule has 170 valence electrons. The molecular weight excluding hydrogens is 432 g/mol. The zero-order valence-electron chi connectivity index (χ0n) is 17.9. The van der Waals surface area contributed by atoms with Crippen molar-refractivity contribution in [3.8, 4) is 5.82 Å². The summed E-state index contributed by atoms with van der Waals surface area (Å²) < 4.78 is 1.73. The monoisotopic (exact) mass is 452 g/mol. The second-order valence-corrected chi connectivity index (χ2v) is 7.60. The maximum Gasteiger partial charge on any atom is 0.277 e. The number of nitrogens with zero attached hydrogens (tertiary/aromatic N) is 8. The average molecular weight is 452 g/mol. The Morgan fingerprint density at radius 2 is 1.48 bits per heavy atom. The highest BCUT2D eigenvalue weighted by Gasteiger charge is 2.26. The number of carbonyl (C=O) groups excluding carboxylic acids is 1. The molecule has 0 aliphatic carbocycles. The van der Waals surface area contributed by atoms with Crippen LogP contribution >= 0.6 is 0 Å². The number of nitro benzene ring substituents is 2. The molecule has 0 saturated carbocycles. The number of carbonyl (C=O) groups is 1. The van der Waals surface area contributed by atoms with E-state index >= 15 is 0 Å². The quantitative estimate of drug-likeness (QED) is 0.418. The number of non-ortho nitro benzene ring substituents is 2. The highest BCUT2D eigenvalue weighted by atomic mass is 16.6. The first-order chi connectivity index (χ1) is 15.7. The molecule has 0 atom stereocenters. The largest absolute Gasteiger partial charge is 0.353 e. The second-order valence-electron chi connectivity index (χ2n) is 7.60. The molecule has 1 aliphatic rings. The predicted octanol–water partition coefficient (Wildman–Crippen LogP) is 2.06. The zero-order valence-corrected chi connectivity index (χ0v) is 17.9. The molecule has 33 heavy (non-hydrogen) atoms. The van der Waals surface area contributed by atoms with Crippen LogP contribution in [0.1, 0.15) is 21.7 Å². The lowest BCUT2D eigenvalue weighted by atomic mass is 10.1. The summed E-state index contributed by atoms with van der Waals surface area (Å²) in [4.78, 5) is 45.8. The van der Waals surface area contributed by atoms with Crippen molar-refractivity contribution in [3.63, 3.8) is 0 Å². The minimum absolute atomic E-state index is 0.0850. The number of aromatic nitrogens is 4. The van der Waals surface area contributed by atoms with E-state index in [1.54, 1.807) is 4.68 Å². The molecule has 1 aliphatic heterocycles. The van der Waals surface area contributed by atoms with Crippen molar-refractivity contribution in [1.82, 2.24) is 24.6 Å². The molecule has 1 fully saturated rings. The third-order valence-corrected chi connectivity index (χ3v) is 5.33. The van der Waals surface area contributed by atoms with Crippen molar-refractivity contribution in [2.24, 2.45) is 0 Å². The molecule has 0 N–H and O–H groups in total. The van der Waals surface area contributed by atoms with Crippen molar-refractivity contribution in [3.05, 3.63) is 73.8 Å². The van der Waals surface area contributed by atoms with E-state index in [1.165, 1.54) is 11.2 Å². The van der Waals surface area contributed by atoms with Crippen LogP contribution in [0.2, 0.25) is 0 Å². The van der Waals surface area contributed by atoms with Gasteiger partial charge in [-0.15, -0.1) is 0 Å². The second kappa shape index (κ2) is 8.61. The minimum atomic E-state index is -0.753. The number of aryl methyl sites for hydroxylation is 2. The van der Waals surface area contributed by atoms with Gasteiger partial charge in [0.25, 0.3) is 17.3 Å². The van der Waals surface area contributed by atoms with E-state index in [0.29, 0.717) is 37.8 Å². The molecule has 1 aromatic carbocycles. The van der Waals surface area contributed by atoms with Crippen LogP contribution in [0.3, 0.4) is 0 Å². The molecule has 0 bridgehead atoms. The third kappa shape index (κ3) is 4.46. The van der Waals surface area contributed by atoms with E-state index < -0.39 is 27.1 Å². The predicted molar refractivity (Wildman–Crippen MR) is 116 cm³/mol. The molecule has 3 aromatic rings. The fourth-order valence-corrected chi connectivity index (χ4v) is 3.74. The summed E-state index contributed by atoms with van der Waals surface area (Å²) in [6.45, 7) is 5.43. The summed E-state index contributed by atoms with van der Waals surface area (Å²) in [5.74, 6) is 0.825. The van der Waals surface area contributed by atoms with Crippen LogP contribution in [0.25, 0.3) is 5.82 Å². The number of hydrogen-bond donors (Lipinski definition) is 0. The van der Waals surface area contributed by atoms with Crippen LogP contribution in [-0.4, -0.2) is 66.6 Å². The summed E-state index contributed by atoms with van der Waals surface area (Å²) in [5, 5.41) is 26.7. The summed E-state index contributed by atoms with van der Waals surface area (Å²) in [5.41, 5.74) is 0.741. The Labute approximate surface area is 187 Å². The Morgan fingerprint density at radius 1 is 0.879 bits per heavy atom. The average Bonchev–Trinajstić information content (AvgIpc) is 3.16. The molecule has 2 aromatic heterocycles. The fraction of sp³-hybridized carbons (Fsp3) is 0.300. The molecular formula is C20H20N8O5. The molecule has 1 amide bonds. The summed E-state index contributed by atoms with van der Waals surface area (Å²) >= 11 is 0. The van der Waals surface area contributed by atoms with E-state index in [-0.39, 0.29) is 5.56 Å². The lowest BCUT2D eigenvalue weighted by Gasteiger charge is -2.35. The van der Waals surface area contributed by atoms with Crippen molar-refractivity contribution >= 4 is 23.1 Å². The first kappa shape index (κ1) is 21.8. The Balaban J connectivity index is 1.49. The first-order valence-electron chi connectivity index (χ1n) is 10.1. The van der Waals surface area contributed by atoms with Crippen molar-refractivity contribution < 1.29 is 14.6 Å². The van der Waals surface area contributed by atoms with Gasteiger partial charge in [0.05, 0.1) is 27.2 Å². The number of amides is 1. The maximum atomic E-state index is 12.9. The normalized spacial score (nSPS) is 13.8. The van der Waals surface area contributed by atoms with Gasteiger partial charge in [0.1, 0.15) is 12.1 Å². The minimum Gasteiger partial charge on any atom is -0.353 e. The lowest BCUT2D eigenvalue weighted by Crippen LogP contribution is -2.49. The van der Waals surface area contributed by atoms with Gasteiger partial charge in [-0.25, -0.2) is 14.6 Å². The van der Waals surface area contributed by atoms with E-state index in [9.17, 15) is 25.0 Å². The summed E-state index contributed by atoms with van der Waals surface area (Å²) in [7, 11) is 0. The number of anilines is 1. The zero-order chi connectivity index (χ0) is 23.7. The van der Waals surface area contributed by atoms with Gasteiger partial charge in [-0.2, -0.15) is 5.10 Å². The van der Waals surface area contributed by atoms with Gasteiger partial charge in [-0.05, 0) is 19.9 Å². The molecule has 3 heterocycles. The van der Waals surface area contributed by atoms with Crippen LogP contribution < -0.4 is 4.90 Å². The first-order valence-corrected chi connectivity index (χ1v) is 10.1. The van der Waals surface area contributed by atoms with Crippen molar-refractivity contribution in [2.75, 3.05) is 31.1 Å². The van der Waals surface area contributed by atoms with Crippen LogP contribution in [0.5, 0.6) is 0 Å². The van der Waals surface area contributed by atoms with E-state index in [1.807, 2.05) is 30.9 Å². The SMILES string of the molecule is Cc1cc(C)n(-c2cc(N3CCN(C(=O)c4cc([N+](=O)[O-])cc([N+](=O)[O-])c4)CC3)ncn2)n1. The fourth-order valence-electron chi connectivity index (χ4n) is 3.74. The Morgan fingerprint density at radius 3 is 2.03 bits per heavy atom. The van der Waals surface area contributed by atoms with Gasteiger partial charge in [-0.3, -0.25) is 25.0 Å². The van der Waals surface area contributed by atoms with Gasteiger partial charge in [0.15, 0.2) is 5.82 Å². The van der Waals surface area contributed by atoms with Crippen molar-refractivity contribution in [2.45, 2.75) is 13.8 Å². The summed E-state index contributed by atoms with van der Waals surface area (Å²) in [6, 6.07) is 6.73. The van der Waals surface area contributed by atoms with Gasteiger partial charge in [0, 0.05) is 50.1 Å². The Bertz CT molecular complexity index is 1220. The number of nitro groups is 2. The molecule has 0 spiro atoms. The van der Waals surface area contributed by atoms with Gasteiger partial charge in [0.2, 0.25) is 0 Å². The maximum absolute atomic E-state index is 12.9. The van der Waals surface area contributed by atoms with Gasteiger partial charge < -0.3 is 9.80 Å². The Kier molecular flexibility index (Phi) is 5.69. The smallest absolute Gasteiger partial charge is 0.277 e. The van der Waals surface area contributed by atoms with Crippen LogP contribution in [0.15, 0.2) is 36.7 Å². The molecule has 0 unspecified atom stereocenters.